The highest BCUT2D eigenvalue weighted by molar-refractivity contribution is 7.17. The van der Waals surface area contributed by atoms with Gasteiger partial charge in [-0.3, -0.25) is 14.5 Å². The van der Waals surface area contributed by atoms with E-state index in [2.05, 4.69) is 42.4 Å². The number of fused-ring (bicyclic) bond motifs is 1. The second-order valence-corrected chi connectivity index (χ2v) is 14.0. The molecule has 0 atom stereocenters. The van der Waals surface area contributed by atoms with Crippen LogP contribution in [0.15, 0.2) is 72.8 Å². The Bertz CT molecular complexity index is 1720. The Kier molecular flexibility index (Phi) is 12.8. The Balaban J connectivity index is 1.26. The molecule has 8 heteroatoms. The third-order valence-electron chi connectivity index (χ3n) is 9.46. The van der Waals surface area contributed by atoms with Crippen LogP contribution in [-0.4, -0.2) is 42.4 Å². The molecule has 0 saturated carbocycles. The minimum Gasteiger partial charge on any atom is -0.465 e. The Labute approximate surface area is 295 Å². The summed E-state index contributed by atoms with van der Waals surface area (Å²) in [6.45, 7) is 8.52. The molecule has 0 fully saturated rings. The normalized spacial score (nSPS) is 12.5. The maximum Gasteiger partial charge on any atom is 0.337 e. The molecule has 1 heterocycles. The van der Waals surface area contributed by atoms with E-state index < -0.39 is 0 Å². The Morgan fingerprint density at radius 1 is 0.796 bits per heavy atom. The first-order valence-electron chi connectivity index (χ1n) is 17.7. The smallest absolute Gasteiger partial charge is 0.337 e. The number of rotatable bonds is 15. The number of methoxy groups -OCH3 is 1. The molecule has 3 aromatic carbocycles. The van der Waals surface area contributed by atoms with Crippen LogP contribution in [0.1, 0.15) is 111 Å². The highest BCUT2D eigenvalue weighted by Gasteiger charge is 2.27. The number of hydrogen-bond acceptors (Lipinski definition) is 6. The topological polar surface area (TPSA) is 87.7 Å². The quantitative estimate of drug-likeness (QED) is 0.122. The first-order chi connectivity index (χ1) is 23.8. The van der Waals surface area contributed by atoms with Crippen molar-refractivity contribution in [3.8, 4) is 0 Å². The molecule has 7 nitrogen and oxygen atoms in total. The summed E-state index contributed by atoms with van der Waals surface area (Å²) < 4.78 is 4.78. The second-order valence-electron chi connectivity index (χ2n) is 12.8. The predicted molar refractivity (Wildman–Crippen MR) is 200 cm³/mol. The minimum absolute atomic E-state index is 0.191. The van der Waals surface area contributed by atoms with Crippen LogP contribution in [0.3, 0.4) is 0 Å². The van der Waals surface area contributed by atoms with Crippen LogP contribution in [0.4, 0.5) is 10.7 Å². The van der Waals surface area contributed by atoms with Crippen molar-refractivity contribution < 1.29 is 19.1 Å². The van der Waals surface area contributed by atoms with E-state index in [0.29, 0.717) is 33.4 Å². The molecule has 1 aliphatic carbocycles. The van der Waals surface area contributed by atoms with Crippen LogP contribution < -0.4 is 10.6 Å². The Morgan fingerprint density at radius 2 is 1.47 bits per heavy atom. The summed E-state index contributed by atoms with van der Waals surface area (Å²) in [5, 5.41) is 6.86. The van der Waals surface area contributed by atoms with E-state index in [4.69, 9.17) is 4.74 Å². The number of nitrogens with zero attached hydrogens (tertiary/aromatic N) is 1. The van der Waals surface area contributed by atoms with E-state index in [1.54, 1.807) is 12.1 Å². The first kappa shape index (κ1) is 36.0. The van der Waals surface area contributed by atoms with Gasteiger partial charge in [-0.15, -0.1) is 11.3 Å². The lowest BCUT2D eigenvalue weighted by Gasteiger charge is -2.30. The number of aryl methyl sites for hydroxylation is 3. The fraction of sp³-hybridized carbons (Fsp3) is 0.390. The Hall–Kier alpha value is -4.27. The fourth-order valence-corrected chi connectivity index (χ4v) is 8.04. The number of thiophene rings is 1. The molecule has 2 N–H and O–H groups in total. The lowest BCUT2D eigenvalue weighted by Crippen LogP contribution is -2.34. The number of carbonyl (C=O) groups excluding carboxylic acids is 3. The molecule has 5 rings (SSSR count). The van der Waals surface area contributed by atoms with Gasteiger partial charge in [-0.05, 0) is 123 Å². The van der Waals surface area contributed by atoms with E-state index in [-0.39, 0.29) is 17.8 Å². The van der Waals surface area contributed by atoms with E-state index in [1.807, 2.05) is 54.6 Å². The zero-order valence-electron chi connectivity index (χ0n) is 29.3. The van der Waals surface area contributed by atoms with Gasteiger partial charge in [0.1, 0.15) is 5.00 Å². The number of amides is 2. The van der Waals surface area contributed by atoms with Crippen molar-refractivity contribution in [2.24, 2.45) is 0 Å². The SMILES string of the molecule is CCCN(Cc1cccc(C(=O)Nc2sc3c(c2C(=O)Nc2ccc(CCc4ccc(C(=O)OC)cc4)cc2)CCCC3)c1)C(CC)CC. The van der Waals surface area contributed by atoms with Gasteiger partial charge in [0.25, 0.3) is 11.8 Å². The summed E-state index contributed by atoms with van der Waals surface area (Å²) in [5.74, 6) is -0.723. The van der Waals surface area contributed by atoms with Gasteiger partial charge in [-0.25, -0.2) is 4.79 Å². The first-order valence-corrected chi connectivity index (χ1v) is 18.5. The van der Waals surface area contributed by atoms with E-state index in [9.17, 15) is 14.4 Å². The number of anilines is 2. The van der Waals surface area contributed by atoms with Crippen molar-refractivity contribution >= 4 is 39.8 Å². The number of hydrogen-bond donors (Lipinski definition) is 2. The third-order valence-corrected chi connectivity index (χ3v) is 10.7. The van der Waals surface area contributed by atoms with Crippen molar-refractivity contribution in [2.75, 3.05) is 24.3 Å². The molecule has 0 spiro atoms. The molecule has 0 aliphatic heterocycles. The molecular formula is C41H49N3O4S. The van der Waals surface area contributed by atoms with Crippen LogP contribution in [0.25, 0.3) is 0 Å². The summed E-state index contributed by atoms with van der Waals surface area (Å²) in [4.78, 5) is 42.9. The van der Waals surface area contributed by atoms with Crippen LogP contribution >= 0.6 is 11.3 Å². The highest BCUT2D eigenvalue weighted by atomic mass is 32.1. The van der Waals surface area contributed by atoms with E-state index in [1.165, 1.54) is 23.3 Å². The number of nitrogens with one attached hydrogen (secondary N) is 2. The summed E-state index contributed by atoms with van der Waals surface area (Å²) in [6, 6.07) is 23.8. The van der Waals surface area contributed by atoms with Gasteiger partial charge in [-0.1, -0.05) is 57.2 Å². The predicted octanol–water partition coefficient (Wildman–Crippen LogP) is 9.10. The zero-order chi connectivity index (χ0) is 34.8. The van der Waals surface area contributed by atoms with Crippen molar-refractivity contribution in [1.82, 2.24) is 4.90 Å². The van der Waals surface area contributed by atoms with Gasteiger partial charge in [0.05, 0.1) is 18.2 Å². The summed E-state index contributed by atoms with van der Waals surface area (Å²) in [7, 11) is 1.38. The lowest BCUT2D eigenvalue weighted by atomic mass is 9.95. The maximum atomic E-state index is 13.8. The zero-order valence-corrected chi connectivity index (χ0v) is 30.1. The molecule has 258 valence electrons. The molecule has 0 unspecified atom stereocenters. The highest BCUT2D eigenvalue weighted by Crippen LogP contribution is 2.39. The molecule has 0 saturated heterocycles. The van der Waals surface area contributed by atoms with Crippen LogP contribution in [0.2, 0.25) is 0 Å². The van der Waals surface area contributed by atoms with Gasteiger partial charge in [0, 0.05) is 28.7 Å². The minimum atomic E-state index is -0.339. The van der Waals surface area contributed by atoms with Crippen LogP contribution in [-0.2, 0) is 37.0 Å². The van der Waals surface area contributed by atoms with E-state index in [0.717, 1.165) is 93.1 Å². The summed E-state index contributed by atoms with van der Waals surface area (Å²) >= 11 is 1.54. The fourth-order valence-electron chi connectivity index (χ4n) is 6.76. The second kappa shape index (κ2) is 17.4. The van der Waals surface area contributed by atoms with E-state index >= 15 is 0 Å². The molecule has 0 radical (unpaired) electrons. The molecule has 1 aromatic heterocycles. The monoisotopic (exact) mass is 679 g/mol. The van der Waals surface area contributed by atoms with Crippen molar-refractivity contribution in [3.63, 3.8) is 0 Å². The summed E-state index contributed by atoms with van der Waals surface area (Å²) in [5.41, 5.74) is 6.91. The van der Waals surface area contributed by atoms with Crippen LogP contribution in [0, 0.1) is 0 Å². The molecule has 2 amide bonds. The van der Waals surface area contributed by atoms with Gasteiger partial charge >= 0.3 is 5.97 Å². The van der Waals surface area contributed by atoms with Crippen molar-refractivity contribution in [1.29, 1.82) is 0 Å². The Morgan fingerprint density at radius 3 is 2.12 bits per heavy atom. The lowest BCUT2D eigenvalue weighted by molar-refractivity contribution is 0.0600. The number of ether oxygens (including phenoxy) is 1. The molecule has 4 aromatic rings. The largest absolute Gasteiger partial charge is 0.465 e. The van der Waals surface area contributed by atoms with Gasteiger partial charge < -0.3 is 15.4 Å². The molecule has 49 heavy (non-hydrogen) atoms. The molecule has 1 aliphatic rings. The van der Waals surface area contributed by atoms with Crippen molar-refractivity contribution in [3.05, 3.63) is 117 Å². The van der Waals surface area contributed by atoms with Gasteiger partial charge in [0.2, 0.25) is 0 Å². The average Bonchev–Trinajstić information content (AvgIpc) is 3.49. The molecular weight excluding hydrogens is 631 g/mol. The number of benzene rings is 3. The standard InChI is InChI=1S/C41H49N3O4S/c1-5-25-44(34(6-2)7-3)27-30-11-10-12-32(26-30)38(45)43-40-37(35-13-8-9-14-36(35)49-40)39(46)42-33-23-19-29(20-24-33)16-15-28-17-21-31(22-18-28)41(47)48-4/h10-12,17-24,26,34H,5-9,13-16,25,27H2,1-4H3,(H,42,46)(H,43,45). The third kappa shape index (κ3) is 9.25. The average molecular weight is 680 g/mol. The maximum absolute atomic E-state index is 13.8. The number of carbonyl (C=O) groups is 3. The van der Waals surface area contributed by atoms with Crippen LogP contribution in [0.5, 0.6) is 0 Å². The summed E-state index contributed by atoms with van der Waals surface area (Å²) in [6.07, 6.45) is 8.83. The van der Waals surface area contributed by atoms with Crippen molar-refractivity contribution in [2.45, 2.75) is 91.1 Å². The van der Waals surface area contributed by atoms with Gasteiger partial charge in [0.15, 0.2) is 0 Å². The number of esters is 1. The van der Waals surface area contributed by atoms with Gasteiger partial charge in [-0.2, -0.15) is 0 Å². The molecule has 0 bridgehead atoms.